The number of hydrogen-bond donors (Lipinski definition) is 2. The number of hydrogen-bond acceptors (Lipinski definition) is 5. The van der Waals surface area contributed by atoms with Crippen molar-refractivity contribution in [2.75, 3.05) is 25.2 Å². The zero-order chi connectivity index (χ0) is 16.6. The van der Waals surface area contributed by atoms with Crippen LogP contribution in [-0.4, -0.2) is 37.9 Å². The number of carbonyl (C=O) groups is 1. The Bertz CT molecular complexity index is 667. The van der Waals surface area contributed by atoms with Gasteiger partial charge in [0.25, 0.3) is 6.02 Å². The highest BCUT2D eigenvalue weighted by atomic mass is 19.1. The van der Waals surface area contributed by atoms with Gasteiger partial charge in [0.05, 0.1) is 25.2 Å². The van der Waals surface area contributed by atoms with Crippen LogP contribution in [0.2, 0.25) is 0 Å². The number of carbonyl (C=O) groups excluding carboxylic acids is 1. The fraction of sp³-hybridized carbons (Fsp3) is 0.467. The summed E-state index contributed by atoms with van der Waals surface area (Å²) in [6.45, 7) is 0.717. The van der Waals surface area contributed by atoms with Gasteiger partial charge in [0.15, 0.2) is 0 Å². The molecule has 3 unspecified atom stereocenters. The normalized spacial score (nSPS) is 29.4. The number of amides is 1. The SMILES string of the molecule is CC(=O)Nc1ccc(F)c(C23COC(CF)C2COC(N)=N3)c1. The van der Waals surface area contributed by atoms with Crippen molar-refractivity contribution in [1.82, 2.24) is 0 Å². The van der Waals surface area contributed by atoms with E-state index in [9.17, 15) is 13.6 Å². The van der Waals surface area contributed by atoms with E-state index in [1.807, 2.05) is 0 Å². The summed E-state index contributed by atoms with van der Waals surface area (Å²) in [7, 11) is 0. The third-order valence-electron chi connectivity index (χ3n) is 4.21. The minimum atomic E-state index is -1.16. The number of nitrogens with one attached hydrogen (secondary N) is 1. The summed E-state index contributed by atoms with van der Waals surface area (Å²) in [4.78, 5) is 15.5. The van der Waals surface area contributed by atoms with E-state index >= 15 is 0 Å². The largest absolute Gasteiger partial charge is 0.465 e. The van der Waals surface area contributed by atoms with Crippen LogP contribution in [0.25, 0.3) is 0 Å². The first kappa shape index (κ1) is 15.7. The Labute approximate surface area is 131 Å². The lowest BCUT2D eigenvalue weighted by molar-refractivity contribution is -0.114. The molecule has 8 heteroatoms. The van der Waals surface area contributed by atoms with Gasteiger partial charge < -0.3 is 20.5 Å². The number of anilines is 1. The van der Waals surface area contributed by atoms with Crippen molar-refractivity contribution in [2.24, 2.45) is 16.6 Å². The monoisotopic (exact) mass is 325 g/mol. The molecule has 23 heavy (non-hydrogen) atoms. The fourth-order valence-corrected chi connectivity index (χ4v) is 3.16. The maximum atomic E-state index is 14.5. The van der Waals surface area contributed by atoms with Gasteiger partial charge in [-0.3, -0.25) is 4.79 Å². The summed E-state index contributed by atoms with van der Waals surface area (Å²) in [5.74, 6) is -1.30. The van der Waals surface area contributed by atoms with E-state index < -0.39 is 30.1 Å². The standard InChI is InChI=1S/C15H17F2N3O3/c1-8(21)19-9-2-3-12(17)10(4-9)15-7-23-13(5-16)11(15)6-22-14(18)20-15/h2-4,11,13H,5-7H2,1H3,(H2,18,20)(H,19,21). The molecule has 1 fully saturated rings. The van der Waals surface area contributed by atoms with Crippen LogP contribution in [0.5, 0.6) is 0 Å². The van der Waals surface area contributed by atoms with E-state index in [0.717, 1.165) is 0 Å². The van der Waals surface area contributed by atoms with Gasteiger partial charge in [-0.25, -0.2) is 13.8 Å². The van der Waals surface area contributed by atoms with Crippen LogP contribution in [0.4, 0.5) is 14.5 Å². The van der Waals surface area contributed by atoms with Crippen molar-refractivity contribution >= 4 is 17.6 Å². The molecule has 0 radical (unpaired) electrons. The molecule has 1 amide bonds. The molecular weight excluding hydrogens is 308 g/mol. The van der Waals surface area contributed by atoms with Gasteiger partial charge >= 0.3 is 0 Å². The average Bonchev–Trinajstić information content (AvgIpc) is 2.87. The molecular formula is C15H17F2N3O3. The average molecular weight is 325 g/mol. The number of nitrogens with two attached hydrogens (primary N) is 1. The van der Waals surface area contributed by atoms with Crippen molar-refractivity contribution in [2.45, 2.75) is 18.6 Å². The number of alkyl halides is 1. The summed E-state index contributed by atoms with van der Waals surface area (Å²) >= 11 is 0. The van der Waals surface area contributed by atoms with E-state index in [2.05, 4.69) is 10.3 Å². The Kier molecular flexibility index (Phi) is 3.93. The Morgan fingerprint density at radius 2 is 2.35 bits per heavy atom. The lowest BCUT2D eigenvalue weighted by Gasteiger charge is -2.35. The molecule has 0 saturated carbocycles. The van der Waals surface area contributed by atoms with Gasteiger partial charge in [0.2, 0.25) is 5.91 Å². The summed E-state index contributed by atoms with van der Waals surface area (Å²) in [5, 5.41) is 2.59. The van der Waals surface area contributed by atoms with Crippen molar-refractivity contribution in [3.8, 4) is 0 Å². The first-order valence-electron chi connectivity index (χ1n) is 7.19. The number of nitrogens with zero attached hydrogens (tertiary/aromatic N) is 1. The number of fused-ring (bicyclic) bond motifs is 1. The highest BCUT2D eigenvalue weighted by molar-refractivity contribution is 5.88. The van der Waals surface area contributed by atoms with Gasteiger partial charge in [-0.2, -0.15) is 0 Å². The first-order valence-corrected chi connectivity index (χ1v) is 7.19. The predicted molar refractivity (Wildman–Crippen MR) is 79.2 cm³/mol. The Morgan fingerprint density at radius 3 is 3.04 bits per heavy atom. The Hall–Kier alpha value is -2.22. The third kappa shape index (κ3) is 2.63. The van der Waals surface area contributed by atoms with Crippen LogP contribution in [0, 0.1) is 11.7 Å². The third-order valence-corrected chi connectivity index (χ3v) is 4.21. The topological polar surface area (TPSA) is 85.9 Å². The van der Waals surface area contributed by atoms with Crippen LogP contribution in [-0.2, 0) is 19.8 Å². The summed E-state index contributed by atoms with van der Waals surface area (Å²) in [6, 6.07) is 4.07. The zero-order valence-electron chi connectivity index (χ0n) is 12.5. The van der Waals surface area contributed by atoms with Crippen LogP contribution >= 0.6 is 0 Å². The minimum Gasteiger partial charge on any atom is -0.465 e. The van der Waals surface area contributed by atoms with Gasteiger partial charge in [0, 0.05) is 18.2 Å². The maximum Gasteiger partial charge on any atom is 0.282 e. The molecule has 0 aromatic heterocycles. The molecule has 0 spiro atoms. The number of ether oxygens (including phenoxy) is 2. The molecule has 124 valence electrons. The summed E-state index contributed by atoms with van der Waals surface area (Å²) in [5.41, 5.74) is 5.13. The number of aliphatic imine (C=N–C) groups is 1. The Balaban J connectivity index is 2.10. The maximum absolute atomic E-state index is 14.5. The lowest BCUT2D eigenvalue weighted by atomic mass is 9.78. The molecule has 2 heterocycles. The van der Waals surface area contributed by atoms with E-state index in [1.165, 1.54) is 25.1 Å². The molecule has 3 atom stereocenters. The first-order chi connectivity index (χ1) is 11.0. The van der Waals surface area contributed by atoms with Crippen LogP contribution in [0.3, 0.4) is 0 Å². The van der Waals surface area contributed by atoms with Crippen molar-refractivity contribution in [3.63, 3.8) is 0 Å². The van der Waals surface area contributed by atoms with E-state index in [1.54, 1.807) is 0 Å². The molecule has 6 nitrogen and oxygen atoms in total. The molecule has 2 aliphatic rings. The Morgan fingerprint density at radius 1 is 1.57 bits per heavy atom. The zero-order valence-corrected chi connectivity index (χ0v) is 12.5. The number of halogens is 2. The summed E-state index contributed by atoms with van der Waals surface area (Å²) < 4.78 is 38.3. The molecule has 3 rings (SSSR count). The van der Waals surface area contributed by atoms with Crippen molar-refractivity contribution in [1.29, 1.82) is 0 Å². The van der Waals surface area contributed by atoms with Gasteiger partial charge in [-0.15, -0.1) is 0 Å². The number of rotatable bonds is 3. The fourth-order valence-electron chi connectivity index (χ4n) is 3.16. The second-order valence-corrected chi connectivity index (χ2v) is 5.67. The van der Waals surface area contributed by atoms with E-state index in [4.69, 9.17) is 15.2 Å². The van der Waals surface area contributed by atoms with Crippen LogP contribution in [0.1, 0.15) is 12.5 Å². The van der Waals surface area contributed by atoms with Crippen LogP contribution in [0.15, 0.2) is 23.2 Å². The molecule has 1 saturated heterocycles. The highest BCUT2D eigenvalue weighted by Crippen LogP contribution is 2.46. The smallest absolute Gasteiger partial charge is 0.282 e. The quantitative estimate of drug-likeness (QED) is 0.877. The highest BCUT2D eigenvalue weighted by Gasteiger charge is 2.55. The van der Waals surface area contributed by atoms with Gasteiger partial charge in [-0.1, -0.05) is 0 Å². The molecule has 0 aliphatic carbocycles. The van der Waals surface area contributed by atoms with Crippen molar-refractivity contribution < 1.29 is 23.0 Å². The minimum absolute atomic E-state index is 0.00322. The molecule has 1 aromatic carbocycles. The van der Waals surface area contributed by atoms with Gasteiger partial charge in [-0.05, 0) is 18.2 Å². The molecule has 0 bridgehead atoms. The second kappa shape index (κ2) is 5.77. The molecule has 2 aliphatic heterocycles. The lowest BCUT2D eigenvalue weighted by Crippen LogP contribution is -2.45. The second-order valence-electron chi connectivity index (χ2n) is 5.67. The predicted octanol–water partition coefficient (Wildman–Crippen LogP) is 1.31. The summed E-state index contributed by atoms with van der Waals surface area (Å²) in [6.07, 6.45) is -0.740. The number of benzene rings is 1. The van der Waals surface area contributed by atoms with Crippen molar-refractivity contribution in [3.05, 3.63) is 29.6 Å². The molecule has 1 aromatic rings. The molecule has 3 N–H and O–H groups in total. The van der Waals surface area contributed by atoms with Crippen LogP contribution < -0.4 is 11.1 Å². The van der Waals surface area contributed by atoms with E-state index in [0.29, 0.717) is 5.69 Å². The van der Waals surface area contributed by atoms with E-state index in [-0.39, 0.29) is 30.7 Å². The number of amidine groups is 1. The van der Waals surface area contributed by atoms with Gasteiger partial charge in [0.1, 0.15) is 18.0 Å².